The molecule has 0 aliphatic carbocycles. The van der Waals surface area contributed by atoms with Crippen molar-refractivity contribution in [1.29, 1.82) is 0 Å². The molecule has 1 saturated heterocycles. The summed E-state index contributed by atoms with van der Waals surface area (Å²) in [5, 5.41) is 6.92. The van der Waals surface area contributed by atoms with Crippen LogP contribution in [0.5, 0.6) is 0 Å². The maximum absolute atomic E-state index is 13.4. The van der Waals surface area contributed by atoms with E-state index in [-0.39, 0.29) is 11.5 Å². The maximum Gasteiger partial charge on any atom is 0.279 e. The average molecular weight is 418 g/mol. The Kier molecular flexibility index (Phi) is 4.65. The molecule has 1 fully saturated rings. The zero-order valence-corrected chi connectivity index (χ0v) is 17.5. The first-order chi connectivity index (χ1) is 14.5. The summed E-state index contributed by atoms with van der Waals surface area (Å²) in [5.74, 6) is 0.265. The molecule has 0 amide bonds. The van der Waals surface area contributed by atoms with Gasteiger partial charge < -0.3 is 4.74 Å². The molecule has 150 valence electrons. The van der Waals surface area contributed by atoms with Crippen LogP contribution in [-0.2, 0) is 4.74 Å². The van der Waals surface area contributed by atoms with Crippen LogP contribution < -0.4 is 5.56 Å². The largest absolute Gasteiger partial charge is 0.380 e. The van der Waals surface area contributed by atoms with Gasteiger partial charge in [-0.2, -0.15) is 9.78 Å². The lowest BCUT2D eigenvalue weighted by atomic mass is 10.00. The number of hydrogen-bond donors (Lipinski definition) is 0. The highest BCUT2D eigenvalue weighted by atomic mass is 35.5. The van der Waals surface area contributed by atoms with Crippen LogP contribution in [0.2, 0.25) is 5.02 Å². The number of aromatic nitrogens is 3. The van der Waals surface area contributed by atoms with Gasteiger partial charge in [0, 0.05) is 28.1 Å². The Morgan fingerprint density at radius 1 is 1.00 bits per heavy atom. The number of benzene rings is 2. The smallest absolute Gasteiger partial charge is 0.279 e. The number of nitrogens with zero attached hydrogens (tertiary/aromatic N) is 3. The van der Waals surface area contributed by atoms with E-state index in [1.165, 1.54) is 4.68 Å². The summed E-state index contributed by atoms with van der Waals surface area (Å²) in [7, 11) is 0. The minimum Gasteiger partial charge on any atom is -0.380 e. The van der Waals surface area contributed by atoms with Crippen LogP contribution in [0.1, 0.15) is 22.7 Å². The molecular formula is C24H20ClN3O2. The Morgan fingerprint density at radius 2 is 1.70 bits per heavy atom. The second-order valence-electron chi connectivity index (χ2n) is 7.73. The molecule has 30 heavy (non-hydrogen) atoms. The highest BCUT2D eigenvalue weighted by Crippen LogP contribution is 2.29. The van der Waals surface area contributed by atoms with Crippen molar-refractivity contribution in [3.8, 4) is 16.9 Å². The summed E-state index contributed by atoms with van der Waals surface area (Å²) in [6.45, 7) is 5.37. The average Bonchev–Trinajstić information content (AvgIpc) is 2.70. The molecule has 2 aromatic carbocycles. The predicted molar refractivity (Wildman–Crippen MR) is 119 cm³/mol. The van der Waals surface area contributed by atoms with Crippen molar-refractivity contribution in [3.05, 3.63) is 86.9 Å². The molecule has 0 unspecified atom stereocenters. The van der Waals surface area contributed by atoms with E-state index in [4.69, 9.17) is 21.4 Å². The van der Waals surface area contributed by atoms with Gasteiger partial charge in [-0.05, 0) is 61.4 Å². The van der Waals surface area contributed by atoms with Gasteiger partial charge in [0.25, 0.3) is 5.56 Å². The van der Waals surface area contributed by atoms with Crippen molar-refractivity contribution in [1.82, 2.24) is 14.8 Å². The first-order valence-electron chi connectivity index (χ1n) is 9.85. The van der Waals surface area contributed by atoms with Gasteiger partial charge in [0.1, 0.15) is 0 Å². The maximum atomic E-state index is 13.4. The molecular weight excluding hydrogens is 398 g/mol. The Labute approximate surface area is 178 Å². The number of pyridine rings is 1. The molecule has 0 saturated carbocycles. The fourth-order valence-corrected chi connectivity index (χ4v) is 3.82. The van der Waals surface area contributed by atoms with Crippen LogP contribution in [0.15, 0.2) is 59.5 Å². The molecule has 1 aliphatic rings. The number of aryl methyl sites for hydroxylation is 2. The van der Waals surface area contributed by atoms with Crippen molar-refractivity contribution < 1.29 is 4.74 Å². The SMILES string of the molecule is Cc1cc2c(-c3ccc(Cl)cc3)nn(-c3ccnc(C4COC4)c3)c(=O)c2cc1C. The van der Waals surface area contributed by atoms with Gasteiger partial charge in [-0.15, -0.1) is 0 Å². The Morgan fingerprint density at radius 3 is 2.37 bits per heavy atom. The summed E-state index contributed by atoms with van der Waals surface area (Å²) in [4.78, 5) is 17.9. The third-order valence-corrected chi connectivity index (χ3v) is 5.95. The van der Waals surface area contributed by atoms with Crippen LogP contribution in [0.3, 0.4) is 0 Å². The molecule has 4 aromatic rings. The number of halogens is 1. The fourth-order valence-electron chi connectivity index (χ4n) is 3.70. The second-order valence-corrected chi connectivity index (χ2v) is 8.16. The molecule has 0 N–H and O–H groups in total. The molecule has 5 rings (SSSR count). The van der Waals surface area contributed by atoms with Crippen LogP contribution in [0.4, 0.5) is 0 Å². The highest BCUT2D eigenvalue weighted by molar-refractivity contribution is 6.30. The molecule has 0 bridgehead atoms. The summed E-state index contributed by atoms with van der Waals surface area (Å²) >= 11 is 6.09. The first kappa shape index (κ1) is 19.0. The lowest BCUT2D eigenvalue weighted by molar-refractivity contribution is 0.00671. The predicted octanol–water partition coefficient (Wildman–Crippen LogP) is 4.83. The monoisotopic (exact) mass is 417 g/mol. The number of hydrogen-bond acceptors (Lipinski definition) is 4. The normalized spacial score (nSPS) is 14.1. The topological polar surface area (TPSA) is 57.0 Å². The molecule has 5 nitrogen and oxygen atoms in total. The molecule has 2 aromatic heterocycles. The van der Waals surface area contributed by atoms with Crippen LogP contribution in [-0.4, -0.2) is 28.0 Å². The van der Waals surface area contributed by atoms with Crippen molar-refractivity contribution in [2.75, 3.05) is 13.2 Å². The van der Waals surface area contributed by atoms with E-state index in [1.807, 2.05) is 62.4 Å². The van der Waals surface area contributed by atoms with Crippen molar-refractivity contribution >= 4 is 22.4 Å². The van der Waals surface area contributed by atoms with Crippen LogP contribution in [0.25, 0.3) is 27.7 Å². The third kappa shape index (κ3) is 3.20. The van der Waals surface area contributed by atoms with E-state index < -0.39 is 0 Å². The van der Waals surface area contributed by atoms with Gasteiger partial charge in [0.05, 0.1) is 35.7 Å². The minimum absolute atomic E-state index is 0.146. The Hall–Kier alpha value is -3.02. The Bertz CT molecular complexity index is 1330. The first-order valence-corrected chi connectivity index (χ1v) is 10.2. The standard InChI is InChI=1S/C24H20ClN3O2/c1-14-9-20-21(10-15(14)2)24(29)28(27-23(20)16-3-5-18(25)6-4-16)19-7-8-26-22(11-19)17-12-30-13-17/h3-11,17H,12-13H2,1-2H3. The van der Waals surface area contributed by atoms with Gasteiger partial charge in [0.15, 0.2) is 0 Å². The van der Waals surface area contributed by atoms with Gasteiger partial charge in [-0.25, -0.2) is 0 Å². The number of rotatable bonds is 3. The van der Waals surface area contributed by atoms with Gasteiger partial charge >= 0.3 is 0 Å². The summed E-state index contributed by atoms with van der Waals surface area (Å²) in [6, 6.07) is 15.3. The number of fused-ring (bicyclic) bond motifs is 1. The van der Waals surface area contributed by atoms with E-state index in [0.717, 1.165) is 33.5 Å². The van der Waals surface area contributed by atoms with E-state index in [9.17, 15) is 4.79 Å². The van der Waals surface area contributed by atoms with E-state index in [1.54, 1.807) is 6.20 Å². The lowest BCUT2D eigenvalue weighted by Gasteiger charge is -2.25. The molecule has 0 radical (unpaired) electrons. The van der Waals surface area contributed by atoms with Gasteiger partial charge in [-0.3, -0.25) is 9.78 Å². The molecule has 3 heterocycles. The summed E-state index contributed by atoms with van der Waals surface area (Å²) in [5.41, 5.74) is 5.31. The van der Waals surface area contributed by atoms with Gasteiger partial charge in [-0.1, -0.05) is 23.7 Å². The van der Waals surface area contributed by atoms with Crippen molar-refractivity contribution in [2.45, 2.75) is 19.8 Å². The summed E-state index contributed by atoms with van der Waals surface area (Å²) < 4.78 is 6.77. The van der Waals surface area contributed by atoms with Crippen molar-refractivity contribution in [2.24, 2.45) is 0 Å². The van der Waals surface area contributed by atoms with Crippen LogP contribution >= 0.6 is 11.6 Å². The quantitative estimate of drug-likeness (QED) is 0.479. The van der Waals surface area contributed by atoms with Crippen molar-refractivity contribution in [3.63, 3.8) is 0 Å². The van der Waals surface area contributed by atoms with E-state index in [2.05, 4.69) is 4.98 Å². The Balaban J connectivity index is 1.79. The fraction of sp³-hybridized carbons (Fsp3) is 0.208. The minimum atomic E-state index is -0.146. The molecule has 1 aliphatic heterocycles. The zero-order chi connectivity index (χ0) is 20.8. The molecule has 0 spiro atoms. The molecule has 6 heteroatoms. The van der Waals surface area contributed by atoms with E-state index >= 15 is 0 Å². The summed E-state index contributed by atoms with van der Waals surface area (Å²) in [6.07, 6.45) is 1.73. The van der Waals surface area contributed by atoms with E-state index in [0.29, 0.717) is 29.3 Å². The van der Waals surface area contributed by atoms with Crippen LogP contribution in [0, 0.1) is 13.8 Å². The third-order valence-electron chi connectivity index (χ3n) is 5.70. The van der Waals surface area contributed by atoms with Gasteiger partial charge in [0.2, 0.25) is 0 Å². The second kappa shape index (κ2) is 7.35. The lowest BCUT2D eigenvalue weighted by Crippen LogP contribution is -2.27. The molecule has 0 atom stereocenters. The number of ether oxygens (including phenoxy) is 1. The zero-order valence-electron chi connectivity index (χ0n) is 16.7. The highest BCUT2D eigenvalue weighted by Gasteiger charge is 2.23.